The van der Waals surface area contributed by atoms with Gasteiger partial charge in [-0.2, -0.15) is 0 Å². The summed E-state index contributed by atoms with van der Waals surface area (Å²) in [6, 6.07) is 6.21. The molecule has 0 heterocycles. The molecule has 0 saturated heterocycles. The van der Waals surface area contributed by atoms with Crippen LogP contribution < -0.4 is 5.32 Å². The van der Waals surface area contributed by atoms with Crippen LogP contribution in [0.15, 0.2) is 23.1 Å². The van der Waals surface area contributed by atoms with Crippen LogP contribution in [0.3, 0.4) is 0 Å². The third-order valence-corrected chi connectivity index (χ3v) is 3.73. The average Bonchev–Trinajstić information content (AvgIpc) is 2.30. The molecule has 100 valence electrons. The molecular weight excluding hydrogens is 246 g/mol. The second kappa shape index (κ2) is 6.25. The first-order valence-electron chi connectivity index (χ1n) is 5.96. The van der Waals surface area contributed by atoms with Gasteiger partial charge in [0.15, 0.2) is 0 Å². The second-order valence-corrected chi connectivity index (χ2v) is 6.16. The molecule has 0 spiro atoms. The van der Waals surface area contributed by atoms with Crippen LogP contribution in [0.5, 0.6) is 0 Å². The third kappa shape index (κ3) is 4.70. The van der Waals surface area contributed by atoms with Crippen molar-refractivity contribution in [3.63, 3.8) is 0 Å². The van der Waals surface area contributed by atoms with Gasteiger partial charge in [-0.25, -0.2) is 0 Å². The zero-order valence-corrected chi connectivity index (χ0v) is 12.2. The predicted molar refractivity (Wildman–Crippen MR) is 75.9 cm³/mol. The molecule has 1 aromatic rings. The van der Waals surface area contributed by atoms with Gasteiger partial charge in [0.1, 0.15) is 0 Å². The monoisotopic (exact) mass is 267 g/mol. The minimum atomic E-state index is -0.556. The Bertz CT molecular complexity index is 430. The van der Waals surface area contributed by atoms with Gasteiger partial charge in [-0.3, -0.25) is 4.79 Å². The molecule has 0 fully saturated rings. The van der Waals surface area contributed by atoms with E-state index >= 15 is 0 Å². The normalized spacial score (nSPS) is 11.4. The van der Waals surface area contributed by atoms with Crippen molar-refractivity contribution in [1.29, 1.82) is 0 Å². The molecule has 0 unspecified atom stereocenters. The Hall–Kier alpha value is -1.00. The summed E-state index contributed by atoms with van der Waals surface area (Å²) in [5, 5.41) is 11.9. The van der Waals surface area contributed by atoms with Crippen molar-refractivity contribution in [3.8, 4) is 0 Å². The highest BCUT2D eigenvalue weighted by atomic mass is 32.2. The molecule has 4 heteroatoms. The molecule has 0 saturated carbocycles. The van der Waals surface area contributed by atoms with Gasteiger partial charge >= 0.3 is 0 Å². The smallest absolute Gasteiger partial charge is 0.230 e. The fourth-order valence-electron chi connectivity index (χ4n) is 1.46. The molecule has 0 radical (unpaired) electrons. The largest absolute Gasteiger partial charge is 0.394 e. The first kappa shape index (κ1) is 15.1. The van der Waals surface area contributed by atoms with Crippen molar-refractivity contribution in [2.45, 2.75) is 38.1 Å². The number of benzene rings is 1. The number of nitrogens with one attached hydrogen (secondary N) is 1. The standard InChI is InChI=1S/C14H21NO2S/c1-10-5-6-11(2)12(7-10)18-8-13(17)15-14(3,4)9-16/h5-7,16H,8-9H2,1-4H3,(H,15,17). The van der Waals surface area contributed by atoms with Crippen molar-refractivity contribution in [1.82, 2.24) is 5.32 Å². The molecule has 0 bridgehead atoms. The van der Waals surface area contributed by atoms with Crippen LogP contribution in [0.2, 0.25) is 0 Å². The maximum atomic E-state index is 11.7. The summed E-state index contributed by atoms with van der Waals surface area (Å²) >= 11 is 1.53. The minimum Gasteiger partial charge on any atom is -0.394 e. The molecule has 0 aliphatic heterocycles. The Kier molecular flexibility index (Phi) is 5.23. The molecule has 18 heavy (non-hydrogen) atoms. The van der Waals surface area contributed by atoms with E-state index in [1.807, 2.05) is 13.8 Å². The molecule has 1 amide bonds. The fraction of sp³-hybridized carbons (Fsp3) is 0.500. The van der Waals surface area contributed by atoms with E-state index < -0.39 is 5.54 Å². The molecule has 0 atom stereocenters. The molecule has 0 aromatic heterocycles. The minimum absolute atomic E-state index is 0.0556. The maximum Gasteiger partial charge on any atom is 0.230 e. The van der Waals surface area contributed by atoms with Gasteiger partial charge in [0.05, 0.1) is 17.9 Å². The highest BCUT2D eigenvalue weighted by Crippen LogP contribution is 2.23. The van der Waals surface area contributed by atoms with Gasteiger partial charge in [0, 0.05) is 4.90 Å². The quantitative estimate of drug-likeness (QED) is 0.805. The lowest BCUT2D eigenvalue weighted by molar-refractivity contribution is -0.120. The number of aryl methyl sites for hydroxylation is 2. The number of hydrogen-bond acceptors (Lipinski definition) is 3. The first-order valence-corrected chi connectivity index (χ1v) is 6.94. The average molecular weight is 267 g/mol. The van der Waals surface area contributed by atoms with Crippen LogP contribution in [0, 0.1) is 13.8 Å². The Labute approximate surface area is 113 Å². The van der Waals surface area contributed by atoms with E-state index in [1.165, 1.54) is 22.9 Å². The highest BCUT2D eigenvalue weighted by Gasteiger charge is 2.18. The molecule has 1 aromatic carbocycles. The number of hydrogen-bond donors (Lipinski definition) is 2. The third-order valence-electron chi connectivity index (χ3n) is 2.58. The van der Waals surface area contributed by atoms with E-state index in [4.69, 9.17) is 5.11 Å². The van der Waals surface area contributed by atoms with Crippen molar-refractivity contribution in [2.75, 3.05) is 12.4 Å². The first-order chi connectivity index (χ1) is 8.34. The maximum absolute atomic E-state index is 11.7. The van der Waals surface area contributed by atoms with E-state index in [0.29, 0.717) is 5.75 Å². The Balaban J connectivity index is 2.55. The van der Waals surface area contributed by atoms with Gasteiger partial charge in [-0.05, 0) is 39.3 Å². The lowest BCUT2D eigenvalue weighted by atomic mass is 10.1. The molecule has 2 N–H and O–H groups in total. The van der Waals surface area contributed by atoms with Gasteiger partial charge in [-0.15, -0.1) is 11.8 Å². The number of aliphatic hydroxyl groups is 1. The van der Waals surface area contributed by atoms with Gasteiger partial charge < -0.3 is 10.4 Å². The number of amides is 1. The topological polar surface area (TPSA) is 49.3 Å². The SMILES string of the molecule is Cc1ccc(C)c(SCC(=O)NC(C)(C)CO)c1. The number of carbonyl (C=O) groups is 1. The van der Waals surface area contributed by atoms with Crippen molar-refractivity contribution in [3.05, 3.63) is 29.3 Å². The van der Waals surface area contributed by atoms with Crippen LogP contribution in [0.1, 0.15) is 25.0 Å². The highest BCUT2D eigenvalue weighted by molar-refractivity contribution is 8.00. The van der Waals surface area contributed by atoms with Crippen LogP contribution in [0.25, 0.3) is 0 Å². The van der Waals surface area contributed by atoms with Crippen molar-refractivity contribution >= 4 is 17.7 Å². The number of aliphatic hydroxyl groups excluding tert-OH is 1. The zero-order chi connectivity index (χ0) is 13.8. The summed E-state index contributed by atoms with van der Waals surface area (Å²) in [4.78, 5) is 12.9. The van der Waals surface area contributed by atoms with Gasteiger partial charge in [0.2, 0.25) is 5.91 Å². The number of thioether (sulfide) groups is 1. The van der Waals surface area contributed by atoms with Crippen LogP contribution in [-0.4, -0.2) is 28.9 Å². The van der Waals surface area contributed by atoms with E-state index in [1.54, 1.807) is 13.8 Å². The lowest BCUT2D eigenvalue weighted by Gasteiger charge is -2.23. The summed E-state index contributed by atoms with van der Waals surface area (Å²) in [6.45, 7) is 7.61. The van der Waals surface area contributed by atoms with Crippen LogP contribution in [-0.2, 0) is 4.79 Å². The summed E-state index contributed by atoms with van der Waals surface area (Å²) in [7, 11) is 0. The Morgan fingerprint density at radius 1 is 1.39 bits per heavy atom. The number of rotatable bonds is 5. The van der Waals surface area contributed by atoms with E-state index in [0.717, 1.165) is 4.90 Å². The summed E-state index contributed by atoms with van der Waals surface area (Å²) in [6.07, 6.45) is 0. The van der Waals surface area contributed by atoms with Crippen molar-refractivity contribution in [2.24, 2.45) is 0 Å². The Morgan fingerprint density at radius 2 is 2.06 bits per heavy atom. The van der Waals surface area contributed by atoms with Gasteiger partial charge in [0.25, 0.3) is 0 Å². The van der Waals surface area contributed by atoms with E-state index in [9.17, 15) is 4.79 Å². The van der Waals surface area contributed by atoms with E-state index in [2.05, 4.69) is 23.5 Å². The lowest BCUT2D eigenvalue weighted by Crippen LogP contribution is -2.47. The summed E-state index contributed by atoms with van der Waals surface area (Å²) in [5.41, 5.74) is 1.82. The van der Waals surface area contributed by atoms with E-state index in [-0.39, 0.29) is 12.5 Å². The summed E-state index contributed by atoms with van der Waals surface area (Å²) < 4.78 is 0. The Morgan fingerprint density at radius 3 is 2.67 bits per heavy atom. The van der Waals surface area contributed by atoms with Crippen LogP contribution >= 0.6 is 11.8 Å². The molecule has 3 nitrogen and oxygen atoms in total. The van der Waals surface area contributed by atoms with Crippen molar-refractivity contribution < 1.29 is 9.90 Å². The molecule has 1 rings (SSSR count). The fourth-order valence-corrected chi connectivity index (χ4v) is 2.38. The predicted octanol–water partition coefficient (Wildman–Crippen LogP) is 2.28. The zero-order valence-electron chi connectivity index (χ0n) is 11.4. The molecule has 0 aliphatic rings. The van der Waals surface area contributed by atoms with Gasteiger partial charge in [-0.1, -0.05) is 17.7 Å². The summed E-state index contributed by atoms with van der Waals surface area (Å²) in [5.74, 6) is 0.313. The molecular formula is C14H21NO2S. The second-order valence-electron chi connectivity index (χ2n) is 5.15. The number of carbonyl (C=O) groups excluding carboxylic acids is 1. The van der Waals surface area contributed by atoms with Crippen LogP contribution in [0.4, 0.5) is 0 Å². The molecule has 0 aliphatic carbocycles.